The standard InChI is InChI=1S/C32H33ClF3N3O2/c1-20-8-15-26(19-28(20)32(34,35)36)38-30(40)27-7-4-18-39(31(41)22-9-13-23(33)14-10-22)29(27)21-11-16-25(17-12-21)37-24-5-2-3-6-24/h8-17,19,24,27,29,37H,2-7,18H2,1H3,(H,38,40). The lowest BCUT2D eigenvalue weighted by atomic mass is 9.83. The van der Waals surface area contributed by atoms with Gasteiger partial charge >= 0.3 is 6.18 Å². The van der Waals surface area contributed by atoms with Crippen LogP contribution < -0.4 is 10.6 Å². The number of nitrogens with zero attached hydrogens (tertiary/aromatic N) is 1. The highest BCUT2D eigenvalue weighted by atomic mass is 35.5. The molecule has 1 aliphatic carbocycles. The molecule has 2 amide bonds. The van der Waals surface area contributed by atoms with Gasteiger partial charge in [-0.15, -0.1) is 0 Å². The quantitative estimate of drug-likeness (QED) is 0.307. The zero-order valence-corrected chi connectivity index (χ0v) is 23.6. The summed E-state index contributed by atoms with van der Waals surface area (Å²) in [6, 6.07) is 18.1. The van der Waals surface area contributed by atoms with Crippen LogP contribution in [0.3, 0.4) is 0 Å². The summed E-state index contributed by atoms with van der Waals surface area (Å²) in [7, 11) is 0. The Morgan fingerprint density at radius 1 is 0.878 bits per heavy atom. The van der Waals surface area contributed by atoms with Crippen molar-refractivity contribution in [3.63, 3.8) is 0 Å². The summed E-state index contributed by atoms with van der Waals surface area (Å²) in [6.07, 6.45) is 1.21. The molecule has 2 atom stereocenters. The summed E-state index contributed by atoms with van der Waals surface area (Å²) in [5.74, 6) is -1.31. The molecule has 1 heterocycles. The van der Waals surface area contributed by atoms with E-state index >= 15 is 0 Å². The smallest absolute Gasteiger partial charge is 0.382 e. The first-order valence-corrected chi connectivity index (χ1v) is 14.4. The van der Waals surface area contributed by atoms with Crippen molar-refractivity contribution >= 4 is 34.8 Å². The molecule has 5 rings (SSSR count). The van der Waals surface area contributed by atoms with Crippen LogP contribution in [0.2, 0.25) is 5.02 Å². The molecule has 0 bridgehead atoms. The Morgan fingerprint density at radius 2 is 1.54 bits per heavy atom. The highest BCUT2D eigenvalue weighted by Gasteiger charge is 2.40. The summed E-state index contributed by atoms with van der Waals surface area (Å²) < 4.78 is 40.6. The van der Waals surface area contributed by atoms with Gasteiger partial charge in [0.25, 0.3) is 5.91 Å². The lowest BCUT2D eigenvalue weighted by Crippen LogP contribution is -2.46. The molecule has 2 unspecified atom stereocenters. The number of nitrogens with one attached hydrogen (secondary N) is 2. The molecule has 1 saturated heterocycles. The maximum atomic E-state index is 13.7. The first-order valence-electron chi connectivity index (χ1n) is 14.0. The van der Waals surface area contributed by atoms with E-state index < -0.39 is 29.6 Å². The monoisotopic (exact) mass is 583 g/mol. The van der Waals surface area contributed by atoms with Gasteiger partial charge in [-0.25, -0.2) is 0 Å². The Hall–Kier alpha value is -3.52. The number of benzene rings is 3. The number of halogens is 4. The number of hydrogen-bond acceptors (Lipinski definition) is 3. The number of amides is 2. The highest BCUT2D eigenvalue weighted by molar-refractivity contribution is 6.30. The first kappa shape index (κ1) is 29.0. The van der Waals surface area contributed by atoms with E-state index in [1.165, 1.54) is 31.9 Å². The third-order valence-electron chi connectivity index (χ3n) is 8.11. The number of aryl methyl sites for hydroxylation is 1. The van der Waals surface area contributed by atoms with E-state index in [4.69, 9.17) is 11.6 Å². The van der Waals surface area contributed by atoms with Crippen molar-refractivity contribution < 1.29 is 22.8 Å². The minimum absolute atomic E-state index is 0.0731. The van der Waals surface area contributed by atoms with Crippen LogP contribution in [0.4, 0.5) is 24.5 Å². The Bertz CT molecular complexity index is 1390. The summed E-state index contributed by atoms with van der Waals surface area (Å²) >= 11 is 6.04. The minimum Gasteiger partial charge on any atom is -0.382 e. The van der Waals surface area contributed by atoms with Gasteiger partial charge in [0, 0.05) is 34.5 Å². The van der Waals surface area contributed by atoms with Crippen molar-refractivity contribution in [2.45, 2.75) is 63.7 Å². The fraction of sp³-hybridized carbons (Fsp3) is 0.375. The predicted octanol–water partition coefficient (Wildman–Crippen LogP) is 8.25. The topological polar surface area (TPSA) is 61.4 Å². The van der Waals surface area contributed by atoms with E-state index in [1.54, 1.807) is 29.2 Å². The van der Waals surface area contributed by atoms with Crippen LogP contribution in [0.25, 0.3) is 0 Å². The van der Waals surface area contributed by atoms with Crippen LogP contribution >= 0.6 is 11.6 Å². The summed E-state index contributed by atoms with van der Waals surface area (Å²) in [6.45, 7) is 1.83. The van der Waals surface area contributed by atoms with E-state index in [2.05, 4.69) is 10.6 Å². The average Bonchev–Trinajstić information content (AvgIpc) is 3.46. The number of hydrogen-bond donors (Lipinski definition) is 2. The maximum absolute atomic E-state index is 13.7. The highest BCUT2D eigenvalue weighted by Crippen LogP contribution is 2.39. The van der Waals surface area contributed by atoms with E-state index in [-0.39, 0.29) is 17.2 Å². The number of carbonyl (C=O) groups is 2. The van der Waals surface area contributed by atoms with E-state index in [9.17, 15) is 22.8 Å². The number of anilines is 2. The van der Waals surface area contributed by atoms with Crippen molar-refractivity contribution in [1.82, 2.24) is 4.90 Å². The number of piperidine rings is 1. The molecule has 1 aliphatic heterocycles. The maximum Gasteiger partial charge on any atom is 0.416 e. The molecule has 3 aromatic rings. The van der Waals surface area contributed by atoms with Crippen LogP contribution in [0, 0.1) is 12.8 Å². The lowest BCUT2D eigenvalue weighted by Gasteiger charge is -2.41. The number of likely N-dealkylation sites (tertiary alicyclic amines) is 1. The largest absolute Gasteiger partial charge is 0.416 e. The Morgan fingerprint density at radius 3 is 2.20 bits per heavy atom. The lowest BCUT2D eigenvalue weighted by molar-refractivity contribution is -0.138. The molecule has 1 saturated carbocycles. The summed E-state index contributed by atoms with van der Waals surface area (Å²) in [4.78, 5) is 29.1. The van der Waals surface area contributed by atoms with Crippen molar-refractivity contribution in [2.24, 2.45) is 5.92 Å². The van der Waals surface area contributed by atoms with Crippen molar-refractivity contribution in [2.75, 3.05) is 17.2 Å². The fourth-order valence-electron chi connectivity index (χ4n) is 5.99. The second-order valence-corrected chi connectivity index (χ2v) is 11.4. The van der Waals surface area contributed by atoms with Crippen LogP contribution in [0.1, 0.15) is 71.6 Å². The van der Waals surface area contributed by atoms with E-state index in [0.717, 1.165) is 30.2 Å². The number of carbonyl (C=O) groups excluding carboxylic acids is 2. The summed E-state index contributed by atoms with van der Waals surface area (Å²) in [5.41, 5.74) is 1.59. The normalized spacial score (nSPS) is 19.7. The second kappa shape index (κ2) is 12.1. The number of rotatable bonds is 6. The first-order chi connectivity index (χ1) is 19.6. The molecule has 2 aliphatic rings. The molecule has 5 nitrogen and oxygen atoms in total. The fourth-order valence-corrected chi connectivity index (χ4v) is 6.12. The van der Waals surface area contributed by atoms with Gasteiger partial charge < -0.3 is 15.5 Å². The molecule has 3 aromatic carbocycles. The van der Waals surface area contributed by atoms with Crippen molar-refractivity contribution in [1.29, 1.82) is 0 Å². The zero-order chi connectivity index (χ0) is 29.1. The molecule has 2 fully saturated rings. The zero-order valence-electron chi connectivity index (χ0n) is 22.8. The van der Waals surface area contributed by atoms with Gasteiger partial charge in [0.1, 0.15) is 0 Å². The van der Waals surface area contributed by atoms with E-state index in [0.29, 0.717) is 36.0 Å². The molecule has 216 valence electrons. The van der Waals surface area contributed by atoms with Crippen molar-refractivity contribution in [3.8, 4) is 0 Å². The Labute approximate surface area is 243 Å². The Kier molecular flexibility index (Phi) is 8.59. The molecular formula is C32H33ClF3N3O2. The van der Waals surface area contributed by atoms with Gasteiger partial charge in [-0.05, 0) is 92.3 Å². The van der Waals surface area contributed by atoms with Gasteiger partial charge in [0.15, 0.2) is 0 Å². The molecule has 0 aromatic heterocycles. The van der Waals surface area contributed by atoms with Crippen LogP contribution in [-0.4, -0.2) is 29.3 Å². The van der Waals surface area contributed by atoms with Gasteiger partial charge in [0.05, 0.1) is 17.5 Å². The minimum atomic E-state index is -4.53. The van der Waals surface area contributed by atoms with Gasteiger partial charge in [-0.3, -0.25) is 9.59 Å². The molecule has 2 N–H and O–H groups in total. The van der Waals surface area contributed by atoms with Gasteiger partial charge in [-0.2, -0.15) is 13.2 Å². The van der Waals surface area contributed by atoms with Crippen LogP contribution in [0.15, 0.2) is 66.7 Å². The van der Waals surface area contributed by atoms with Crippen molar-refractivity contribution in [3.05, 3.63) is 94.0 Å². The number of alkyl halides is 3. The average molecular weight is 584 g/mol. The van der Waals surface area contributed by atoms with Crippen LogP contribution in [-0.2, 0) is 11.0 Å². The second-order valence-electron chi connectivity index (χ2n) is 11.0. The molecular weight excluding hydrogens is 551 g/mol. The third kappa shape index (κ3) is 6.70. The predicted molar refractivity (Wildman–Crippen MR) is 155 cm³/mol. The molecule has 0 spiro atoms. The Balaban J connectivity index is 1.45. The van der Waals surface area contributed by atoms with Gasteiger partial charge in [-0.1, -0.05) is 42.6 Å². The molecule has 0 radical (unpaired) electrons. The van der Waals surface area contributed by atoms with E-state index in [1.807, 2.05) is 24.3 Å². The van der Waals surface area contributed by atoms with Crippen LogP contribution in [0.5, 0.6) is 0 Å². The SMILES string of the molecule is Cc1ccc(NC(=O)C2CCCN(C(=O)c3ccc(Cl)cc3)C2c2ccc(NC3CCCC3)cc2)cc1C(F)(F)F. The molecule has 41 heavy (non-hydrogen) atoms. The molecule has 9 heteroatoms. The summed E-state index contributed by atoms with van der Waals surface area (Å²) in [5, 5.41) is 6.78. The van der Waals surface area contributed by atoms with Gasteiger partial charge in [0.2, 0.25) is 5.91 Å². The third-order valence-corrected chi connectivity index (χ3v) is 8.36.